The van der Waals surface area contributed by atoms with Gasteiger partial charge in [0.2, 0.25) is 9.84 Å². The summed E-state index contributed by atoms with van der Waals surface area (Å²) in [5.74, 6) is 0. The molecule has 0 aliphatic heterocycles. The summed E-state index contributed by atoms with van der Waals surface area (Å²) in [5, 5.41) is 6.97. The van der Waals surface area contributed by atoms with E-state index in [4.69, 9.17) is 0 Å². The van der Waals surface area contributed by atoms with Crippen LogP contribution in [0.5, 0.6) is 0 Å². The summed E-state index contributed by atoms with van der Waals surface area (Å²) >= 11 is 0.846. The highest BCUT2D eigenvalue weighted by atomic mass is 32.2. The van der Waals surface area contributed by atoms with Gasteiger partial charge in [-0.25, -0.2) is 13.4 Å². The molecule has 0 unspecified atom stereocenters. The van der Waals surface area contributed by atoms with Crippen LogP contribution in [0.25, 0.3) is 11.1 Å². The maximum Gasteiger partial charge on any atom is 0.416 e. The minimum atomic E-state index is -4.69. The topological polar surface area (TPSA) is 76.9 Å². The van der Waals surface area contributed by atoms with Gasteiger partial charge in [-0.15, -0.1) is 0 Å². The molecule has 138 valence electrons. The van der Waals surface area contributed by atoms with E-state index in [9.17, 15) is 21.6 Å². The molecule has 0 radical (unpaired) electrons. The van der Waals surface area contributed by atoms with Crippen molar-refractivity contribution < 1.29 is 21.6 Å². The van der Waals surface area contributed by atoms with Crippen molar-refractivity contribution in [1.82, 2.24) is 14.8 Å². The molecule has 1 aromatic carbocycles. The normalized spacial score (nSPS) is 12.3. The van der Waals surface area contributed by atoms with Gasteiger partial charge in [0.25, 0.3) is 0 Å². The number of sulfone groups is 1. The van der Waals surface area contributed by atoms with Gasteiger partial charge in [0.05, 0.1) is 22.9 Å². The van der Waals surface area contributed by atoms with E-state index in [1.807, 2.05) is 0 Å². The number of benzene rings is 1. The minimum Gasteiger partial charge on any atom is -0.365 e. The van der Waals surface area contributed by atoms with E-state index in [0.29, 0.717) is 16.8 Å². The summed E-state index contributed by atoms with van der Waals surface area (Å²) in [6.45, 7) is 0. The maximum atomic E-state index is 13.3. The Balaban J connectivity index is 2.20. The Hall–Kier alpha value is -2.40. The molecule has 2 heterocycles. The molecule has 0 atom stereocenters. The molecule has 0 bridgehead atoms. The Morgan fingerprint density at radius 1 is 1.15 bits per heavy atom. The molecule has 2 aromatic heterocycles. The number of aromatic nitrogens is 3. The lowest BCUT2D eigenvalue weighted by Crippen LogP contribution is -2.08. The molecule has 0 fully saturated rings. The average molecular weight is 402 g/mol. The number of hydrogen-bond acceptors (Lipinski definition) is 6. The zero-order chi connectivity index (χ0) is 19.1. The van der Waals surface area contributed by atoms with E-state index in [1.54, 1.807) is 14.1 Å². The van der Waals surface area contributed by atoms with Crippen molar-refractivity contribution in [1.29, 1.82) is 0 Å². The lowest BCUT2D eigenvalue weighted by molar-refractivity contribution is -0.137. The summed E-state index contributed by atoms with van der Waals surface area (Å²) < 4.78 is 66.7. The van der Waals surface area contributed by atoms with Crippen LogP contribution in [0.15, 0.2) is 45.9 Å². The van der Waals surface area contributed by atoms with Crippen LogP contribution in [-0.2, 0) is 23.1 Å². The van der Waals surface area contributed by atoms with Crippen molar-refractivity contribution in [3.05, 3.63) is 42.4 Å². The van der Waals surface area contributed by atoms with E-state index in [2.05, 4.69) is 15.4 Å². The number of halogens is 3. The van der Waals surface area contributed by atoms with E-state index >= 15 is 0 Å². The number of aryl methyl sites for hydroxylation is 1. The Morgan fingerprint density at radius 2 is 1.88 bits per heavy atom. The Bertz CT molecular complexity index is 1060. The standard InChI is InChI=1S/C15H13F3N4O2S2/c1-19-14-20-7-13(25-14)26(23,24)12-4-9(10-6-21-22(2)8-10)3-11(5-12)15(16,17)18/h3-8H,1-2H3,(H,19,20). The lowest BCUT2D eigenvalue weighted by atomic mass is 10.1. The molecule has 0 aliphatic rings. The van der Waals surface area contributed by atoms with Crippen LogP contribution in [0.4, 0.5) is 18.3 Å². The summed E-state index contributed by atoms with van der Waals surface area (Å²) in [6, 6.07) is 2.75. The molecule has 0 spiro atoms. The van der Waals surface area contributed by atoms with Crippen LogP contribution >= 0.6 is 11.3 Å². The van der Waals surface area contributed by atoms with Crippen LogP contribution in [0.2, 0.25) is 0 Å². The average Bonchev–Trinajstić information content (AvgIpc) is 3.22. The van der Waals surface area contributed by atoms with Crippen LogP contribution in [0.3, 0.4) is 0 Å². The second kappa shape index (κ2) is 6.40. The van der Waals surface area contributed by atoms with Crippen molar-refractivity contribution in [3.8, 4) is 11.1 Å². The quantitative estimate of drug-likeness (QED) is 0.724. The van der Waals surface area contributed by atoms with Gasteiger partial charge in [0.15, 0.2) is 5.13 Å². The Morgan fingerprint density at radius 3 is 2.42 bits per heavy atom. The van der Waals surface area contributed by atoms with Gasteiger partial charge in [-0.2, -0.15) is 18.3 Å². The van der Waals surface area contributed by atoms with Crippen molar-refractivity contribution in [2.75, 3.05) is 12.4 Å². The van der Waals surface area contributed by atoms with Gasteiger partial charge in [0, 0.05) is 25.9 Å². The molecular weight excluding hydrogens is 389 g/mol. The summed E-state index contributed by atoms with van der Waals surface area (Å²) in [4.78, 5) is 3.43. The zero-order valence-electron chi connectivity index (χ0n) is 13.6. The largest absolute Gasteiger partial charge is 0.416 e. The number of anilines is 1. The number of rotatable bonds is 4. The fraction of sp³-hybridized carbons (Fsp3) is 0.200. The first kappa shape index (κ1) is 18.4. The highest BCUT2D eigenvalue weighted by Gasteiger charge is 2.33. The molecule has 11 heteroatoms. The molecule has 0 aliphatic carbocycles. The van der Waals surface area contributed by atoms with E-state index < -0.39 is 26.5 Å². The zero-order valence-corrected chi connectivity index (χ0v) is 15.2. The molecule has 6 nitrogen and oxygen atoms in total. The third-order valence-corrected chi connectivity index (χ3v) is 6.75. The van der Waals surface area contributed by atoms with Gasteiger partial charge in [0.1, 0.15) is 4.21 Å². The maximum absolute atomic E-state index is 13.3. The van der Waals surface area contributed by atoms with Gasteiger partial charge in [-0.05, 0) is 23.8 Å². The molecule has 26 heavy (non-hydrogen) atoms. The smallest absolute Gasteiger partial charge is 0.365 e. The third-order valence-electron chi connectivity index (χ3n) is 3.55. The Kier molecular flexibility index (Phi) is 4.53. The first-order valence-corrected chi connectivity index (χ1v) is 9.51. The molecule has 0 saturated heterocycles. The van der Waals surface area contributed by atoms with Gasteiger partial charge < -0.3 is 5.32 Å². The fourth-order valence-electron chi connectivity index (χ4n) is 2.27. The molecule has 0 amide bonds. The molecule has 3 aromatic rings. The van der Waals surface area contributed by atoms with Crippen LogP contribution in [0.1, 0.15) is 5.56 Å². The first-order valence-electron chi connectivity index (χ1n) is 7.21. The number of nitrogens with one attached hydrogen (secondary N) is 1. The van der Waals surface area contributed by atoms with Crippen LogP contribution < -0.4 is 5.32 Å². The van der Waals surface area contributed by atoms with E-state index in [0.717, 1.165) is 23.6 Å². The number of alkyl halides is 3. The van der Waals surface area contributed by atoms with Crippen molar-refractivity contribution >= 4 is 26.3 Å². The van der Waals surface area contributed by atoms with Gasteiger partial charge in [-0.1, -0.05) is 11.3 Å². The SMILES string of the molecule is CNc1ncc(S(=O)(=O)c2cc(-c3cnn(C)c3)cc(C(F)(F)F)c2)s1. The van der Waals surface area contributed by atoms with Crippen molar-refractivity contribution in [3.63, 3.8) is 0 Å². The molecule has 0 saturated carbocycles. The lowest BCUT2D eigenvalue weighted by Gasteiger charge is -2.11. The second-order valence-electron chi connectivity index (χ2n) is 5.38. The number of nitrogens with zero attached hydrogens (tertiary/aromatic N) is 3. The second-order valence-corrected chi connectivity index (χ2v) is 8.59. The minimum absolute atomic E-state index is 0.116. The number of thiazole rings is 1. The van der Waals surface area contributed by atoms with Gasteiger partial charge >= 0.3 is 6.18 Å². The van der Waals surface area contributed by atoms with Crippen LogP contribution in [0, 0.1) is 0 Å². The third kappa shape index (κ3) is 3.44. The highest BCUT2D eigenvalue weighted by Crippen LogP contribution is 2.37. The van der Waals surface area contributed by atoms with E-state index in [-0.39, 0.29) is 9.77 Å². The molecule has 3 rings (SSSR count). The predicted molar refractivity (Wildman–Crippen MR) is 90.8 cm³/mol. The Labute approximate surface area is 151 Å². The predicted octanol–water partition coefficient (Wildman–Crippen LogP) is 3.44. The van der Waals surface area contributed by atoms with E-state index in [1.165, 1.54) is 23.1 Å². The van der Waals surface area contributed by atoms with Crippen LogP contribution in [-0.4, -0.2) is 30.2 Å². The summed E-state index contributed by atoms with van der Waals surface area (Å²) in [7, 11) is -0.960. The summed E-state index contributed by atoms with van der Waals surface area (Å²) in [5.41, 5.74) is -0.545. The molecular formula is C15H13F3N4O2S2. The fourth-order valence-corrected chi connectivity index (χ4v) is 4.73. The first-order chi connectivity index (χ1) is 12.1. The van der Waals surface area contributed by atoms with Gasteiger partial charge in [-0.3, -0.25) is 4.68 Å². The van der Waals surface area contributed by atoms with Crippen molar-refractivity contribution in [2.24, 2.45) is 7.05 Å². The monoisotopic (exact) mass is 402 g/mol. The molecule has 1 N–H and O–H groups in total. The highest BCUT2D eigenvalue weighted by molar-refractivity contribution is 7.93. The van der Waals surface area contributed by atoms with Crippen molar-refractivity contribution in [2.45, 2.75) is 15.3 Å². The number of hydrogen-bond donors (Lipinski definition) is 1. The summed E-state index contributed by atoms with van der Waals surface area (Å²) in [6.07, 6.45) is -0.683.